The molecule has 4 rings (SSSR count). The van der Waals surface area contributed by atoms with Gasteiger partial charge in [-0.15, -0.1) is 0 Å². The zero-order valence-electron chi connectivity index (χ0n) is 14.0. The van der Waals surface area contributed by atoms with Crippen LogP contribution in [0.2, 0.25) is 0 Å². The van der Waals surface area contributed by atoms with Crippen molar-refractivity contribution in [1.29, 1.82) is 0 Å². The molecule has 0 amide bonds. The minimum atomic E-state index is 0.259. The molecule has 0 spiro atoms. The van der Waals surface area contributed by atoms with E-state index in [9.17, 15) is 4.79 Å². The van der Waals surface area contributed by atoms with E-state index in [2.05, 4.69) is 65.3 Å². The Labute approximate surface area is 142 Å². The summed E-state index contributed by atoms with van der Waals surface area (Å²) in [5, 5.41) is 6.76. The molecular weight excluding hydrogens is 298 g/mol. The summed E-state index contributed by atoms with van der Waals surface area (Å²) in [4.78, 5) is 12.9. The second kappa shape index (κ2) is 6.19. The van der Waals surface area contributed by atoms with Gasteiger partial charge >= 0.3 is 0 Å². The number of nitrogens with one attached hydrogen (secondary N) is 2. The Morgan fingerprint density at radius 1 is 1.33 bits per heavy atom. The molecule has 1 aromatic carbocycles. The lowest BCUT2D eigenvalue weighted by atomic mass is 9.96. The Bertz CT molecular complexity index is 747. The van der Waals surface area contributed by atoms with Crippen molar-refractivity contribution in [2.24, 2.45) is 0 Å². The van der Waals surface area contributed by atoms with E-state index in [1.807, 2.05) is 0 Å². The predicted octanol–water partition coefficient (Wildman–Crippen LogP) is 2.69. The van der Waals surface area contributed by atoms with Crippen molar-refractivity contribution in [3.63, 3.8) is 0 Å². The van der Waals surface area contributed by atoms with E-state index < -0.39 is 0 Å². The molecule has 0 fully saturated rings. The van der Waals surface area contributed by atoms with Crippen LogP contribution >= 0.6 is 0 Å². The minimum absolute atomic E-state index is 0.259. The molecule has 3 heterocycles. The maximum atomic E-state index is 10.5. The highest BCUT2D eigenvalue weighted by Gasteiger charge is 2.32. The van der Waals surface area contributed by atoms with Crippen LogP contribution in [0.15, 0.2) is 42.8 Å². The van der Waals surface area contributed by atoms with Gasteiger partial charge in [0.2, 0.25) is 0 Å². The SMILES string of the molecule is CN1c2cc(C3=CNC(CCC=O)C=C3)ccc2C2=CNCCC21. The second-order valence-electron chi connectivity index (χ2n) is 6.68. The fraction of sp³-hybridized carbons (Fsp3) is 0.350. The molecule has 124 valence electrons. The highest BCUT2D eigenvalue weighted by atomic mass is 16.1. The number of aldehydes is 1. The number of benzene rings is 1. The number of anilines is 1. The first-order valence-electron chi connectivity index (χ1n) is 8.67. The van der Waals surface area contributed by atoms with Crippen molar-refractivity contribution in [1.82, 2.24) is 10.6 Å². The number of dihydropyridines is 1. The van der Waals surface area contributed by atoms with Gasteiger partial charge in [0.05, 0.1) is 6.04 Å². The van der Waals surface area contributed by atoms with Crippen LogP contribution in [-0.4, -0.2) is 32.0 Å². The molecule has 1 aromatic rings. The molecule has 0 radical (unpaired) electrons. The van der Waals surface area contributed by atoms with Gasteiger partial charge < -0.3 is 20.3 Å². The third kappa shape index (κ3) is 2.52. The van der Waals surface area contributed by atoms with Crippen LogP contribution in [0.25, 0.3) is 11.1 Å². The minimum Gasteiger partial charge on any atom is -0.390 e. The fourth-order valence-electron chi connectivity index (χ4n) is 3.86. The molecule has 3 aliphatic rings. The third-order valence-electron chi connectivity index (χ3n) is 5.22. The zero-order valence-corrected chi connectivity index (χ0v) is 14.0. The normalized spacial score (nSPS) is 24.3. The monoisotopic (exact) mass is 321 g/mol. The van der Waals surface area contributed by atoms with Gasteiger partial charge in [-0.1, -0.05) is 24.3 Å². The summed E-state index contributed by atoms with van der Waals surface area (Å²) in [5.74, 6) is 0. The Kier molecular flexibility index (Phi) is 3.89. The largest absolute Gasteiger partial charge is 0.390 e. The molecule has 0 aliphatic carbocycles. The number of hydrogen-bond acceptors (Lipinski definition) is 4. The molecule has 2 atom stereocenters. The number of carbonyl (C=O) groups is 1. The maximum absolute atomic E-state index is 10.5. The quantitative estimate of drug-likeness (QED) is 0.837. The Morgan fingerprint density at radius 3 is 3.04 bits per heavy atom. The lowest BCUT2D eigenvalue weighted by Crippen LogP contribution is -2.33. The lowest BCUT2D eigenvalue weighted by Gasteiger charge is -2.26. The predicted molar refractivity (Wildman–Crippen MR) is 98.6 cm³/mol. The van der Waals surface area contributed by atoms with Crippen molar-refractivity contribution >= 4 is 23.1 Å². The summed E-state index contributed by atoms with van der Waals surface area (Å²) in [6, 6.07) is 7.49. The standard InChI is InChI=1S/C20H23N3O/c1-23-19-8-9-21-13-18(19)17-7-5-14(11-20(17)23)15-4-6-16(22-12-15)3-2-10-24/h4-7,10-13,16,19,21-22H,2-3,8-9H2,1H3. The summed E-state index contributed by atoms with van der Waals surface area (Å²) >= 11 is 0. The molecule has 3 aliphatic heterocycles. The van der Waals surface area contributed by atoms with Crippen LogP contribution in [0.1, 0.15) is 30.4 Å². The molecule has 0 aromatic heterocycles. The summed E-state index contributed by atoms with van der Waals surface area (Å²) in [6.07, 6.45) is 12.1. The number of hydrogen-bond donors (Lipinski definition) is 2. The van der Waals surface area contributed by atoms with E-state index >= 15 is 0 Å². The summed E-state index contributed by atoms with van der Waals surface area (Å²) < 4.78 is 0. The summed E-state index contributed by atoms with van der Waals surface area (Å²) in [7, 11) is 2.19. The smallest absolute Gasteiger partial charge is 0.120 e. The van der Waals surface area contributed by atoms with Crippen LogP contribution in [0.4, 0.5) is 5.69 Å². The van der Waals surface area contributed by atoms with Gasteiger partial charge in [-0.2, -0.15) is 0 Å². The Balaban J connectivity index is 1.58. The van der Waals surface area contributed by atoms with Crippen molar-refractivity contribution < 1.29 is 4.79 Å². The van der Waals surface area contributed by atoms with Crippen LogP contribution < -0.4 is 15.5 Å². The topological polar surface area (TPSA) is 44.4 Å². The first-order chi connectivity index (χ1) is 11.8. The highest BCUT2D eigenvalue weighted by molar-refractivity contribution is 5.90. The second-order valence-corrected chi connectivity index (χ2v) is 6.68. The van der Waals surface area contributed by atoms with Crippen LogP contribution in [-0.2, 0) is 4.79 Å². The number of nitrogens with zero attached hydrogens (tertiary/aromatic N) is 1. The van der Waals surface area contributed by atoms with Crippen LogP contribution in [0, 0.1) is 0 Å². The number of rotatable bonds is 4. The van der Waals surface area contributed by atoms with E-state index in [1.54, 1.807) is 0 Å². The number of likely N-dealkylation sites (N-methyl/N-ethyl adjacent to an activating group) is 1. The number of fused-ring (bicyclic) bond motifs is 3. The third-order valence-corrected chi connectivity index (χ3v) is 5.22. The van der Waals surface area contributed by atoms with Gasteiger partial charge in [0.25, 0.3) is 0 Å². The van der Waals surface area contributed by atoms with Gasteiger partial charge in [-0.05, 0) is 35.6 Å². The molecule has 2 N–H and O–H groups in total. The fourth-order valence-corrected chi connectivity index (χ4v) is 3.86. The average Bonchev–Trinajstić information content (AvgIpc) is 2.93. The molecule has 0 saturated carbocycles. The van der Waals surface area contributed by atoms with Gasteiger partial charge in [0.1, 0.15) is 6.29 Å². The highest BCUT2D eigenvalue weighted by Crippen LogP contribution is 2.42. The molecule has 24 heavy (non-hydrogen) atoms. The van der Waals surface area contributed by atoms with E-state index in [1.165, 1.54) is 28.0 Å². The molecule has 0 saturated heterocycles. The molecule has 2 unspecified atom stereocenters. The zero-order chi connectivity index (χ0) is 16.5. The van der Waals surface area contributed by atoms with Gasteiger partial charge in [0, 0.05) is 49.7 Å². The molecule has 0 bridgehead atoms. The van der Waals surface area contributed by atoms with Gasteiger partial charge in [-0.25, -0.2) is 0 Å². The number of allylic oxidation sites excluding steroid dienone is 2. The Morgan fingerprint density at radius 2 is 2.25 bits per heavy atom. The van der Waals surface area contributed by atoms with Gasteiger partial charge in [0.15, 0.2) is 0 Å². The average molecular weight is 321 g/mol. The molecular formula is C20H23N3O. The first kappa shape index (κ1) is 15.1. The lowest BCUT2D eigenvalue weighted by molar-refractivity contribution is -0.108. The van der Waals surface area contributed by atoms with Crippen molar-refractivity contribution in [2.45, 2.75) is 31.3 Å². The van der Waals surface area contributed by atoms with E-state index in [4.69, 9.17) is 0 Å². The van der Waals surface area contributed by atoms with Crippen molar-refractivity contribution in [3.8, 4) is 0 Å². The van der Waals surface area contributed by atoms with Crippen molar-refractivity contribution in [2.75, 3.05) is 18.5 Å². The first-order valence-corrected chi connectivity index (χ1v) is 8.67. The van der Waals surface area contributed by atoms with Crippen LogP contribution in [0.3, 0.4) is 0 Å². The van der Waals surface area contributed by atoms with E-state index in [0.717, 1.165) is 25.7 Å². The summed E-state index contributed by atoms with van der Waals surface area (Å²) in [5.41, 5.74) is 6.48. The number of carbonyl (C=O) groups excluding carboxylic acids is 1. The van der Waals surface area contributed by atoms with E-state index in [0.29, 0.717) is 12.5 Å². The van der Waals surface area contributed by atoms with Crippen molar-refractivity contribution in [3.05, 3.63) is 53.9 Å². The Hall–Kier alpha value is -2.49. The van der Waals surface area contributed by atoms with Gasteiger partial charge in [-0.3, -0.25) is 0 Å². The summed E-state index contributed by atoms with van der Waals surface area (Å²) in [6.45, 7) is 1.04. The molecule has 4 nitrogen and oxygen atoms in total. The van der Waals surface area contributed by atoms with Crippen LogP contribution in [0.5, 0.6) is 0 Å². The maximum Gasteiger partial charge on any atom is 0.120 e. The van der Waals surface area contributed by atoms with E-state index in [-0.39, 0.29) is 6.04 Å². The molecule has 4 heteroatoms.